The molecule has 0 aromatic heterocycles. The molecule has 144 valence electrons. The number of rotatable bonds is 7. The van der Waals surface area contributed by atoms with E-state index in [-0.39, 0.29) is 5.91 Å². The lowest BCUT2D eigenvalue weighted by molar-refractivity contribution is -0.157. The van der Waals surface area contributed by atoms with Crippen molar-refractivity contribution < 1.29 is 9.90 Å². The molecule has 6 heteroatoms. The largest absolute Gasteiger partial charge is 0.379 e. The third kappa shape index (κ3) is 5.04. The molecule has 0 bridgehead atoms. The average molecular weight is 361 g/mol. The minimum Gasteiger partial charge on any atom is -0.379 e. The maximum absolute atomic E-state index is 12.8. The molecule has 1 aromatic rings. The van der Waals surface area contributed by atoms with Gasteiger partial charge in [0.25, 0.3) is 5.91 Å². The van der Waals surface area contributed by atoms with Crippen molar-refractivity contribution >= 4 is 5.91 Å². The lowest BCUT2D eigenvalue weighted by atomic mass is 9.91. The van der Waals surface area contributed by atoms with Crippen LogP contribution in [0.25, 0.3) is 0 Å². The number of nitrogens with one attached hydrogen (secondary N) is 2. The van der Waals surface area contributed by atoms with Crippen LogP contribution < -0.4 is 10.6 Å². The number of benzene rings is 1. The molecule has 3 rings (SSSR count). The van der Waals surface area contributed by atoms with Crippen molar-refractivity contribution in [2.45, 2.75) is 31.9 Å². The van der Waals surface area contributed by atoms with Gasteiger partial charge in [-0.05, 0) is 25.3 Å². The first-order chi connectivity index (χ1) is 12.6. The van der Waals surface area contributed by atoms with Gasteiger partial charge in [0.2, 0.25) is 0 Å². The Morgan fingerprint density at radius 2 is 2.08 bits per heavy atom. The second-order valence-corrected chi connectivity index (χ2v) is 7.62. The zero-order valence-electron chi connectivity index (χ0n) is 15.8. The van der Waals surface area contributed by atoms with Crippen molar-refractivity contribution in [1.82, 2.24) is 20.4 Å². The summed E-state index contributed by atoms with van der Waals surface area (Å²) >= 11 is 0. The van der Waals surface area contributed by atoms with E-state index < -0.39 is 5.60 Å². The molecule has 1 aromatic carbocycles. The Hall–Kier alpha value is -1.47. The number of hydrogen-bond donors (Lipinski definition) is 3. The van der Waals surface area contributed by atoms with Crippen LogP contribution in [0.15, 0.2) is 24.3 Å². The van der Waals surface area contributed by atoms with Crippen molar-refractivity contribution in [1.29, 1.82) is 0 Å². The first-order valence-electron chi connectivity index (χ1n) is 9.78. The molecule has 6 nitrogen and oxygen atoms in total. The van der Waals surface area contributed by atoms with Crippen molar-refractivity contribution in [2.75, 3.05) is 52.4 Å². The number of amides is 1. The number of likely N-dealkylation sites (tertiary alicyclic amines) is 1. The van der Waals surface area contributed by atoms with Gasteiger partial charge in [0, 0.05) is 58.9 Å². The summed E-state index contributed by atoms with van der Waals surface area (Å²) in [6.07, 6.45) is 1.38. The molecule has 0 spiro atoms. The Morgan fingerprint density at radius 3 is 2.85 bits per heavy atom. The Labute approximate surface area is 156 Å². The summed E-state index contributed by atoms with van der Waals surface area (Å²) in [7, 11) is 0. The van der Waals surface area contributed by atoms with Crippen molar-refractivity contribution in [3.8, 4) is 0 Å². The highest BCUT2D eigenvalue weighted by atomic mass is 16.3. The maximum Gasteiger partial charge on any atom is 0.256 e. The molecule has 3 N–H and O–H groups in total. The fourth-order valence-corrected chi connectivity index (χ4v) is 3.88. The molecule has 2 aliphatic heterocycles. The number of piperidine rings is 1. The lowest BCUT2D eigenvalue weighted by Gasteiger charge is -2.38. The standard InChI is InChI=1S/C20H32N4O2/c1-17-4-2-5-18(14-17)15-24-10-3-6-20(26,19(24)25)16-22-9-13-23-11-7-21-8-12-23/h2,4-5,14,21-22,26H,3,6-13,15-16H2,1H3/t20-/m1/s1. The number of hydrogen-bond acceptors (Lipinski definition) is 5. The van der Waals surface area contributed by atoms with Crippen molar-refractivity contribution in [2.24, 2.45) is 0 Å². The summed E-state index contributed by atoms with van der Waals surface area (Å²) in [6, 6.07) is 8.22. The number of nitrogens with zero attached hydrogens (tertiary/aromatic N) is 2. The van der Waals surface area contributed by atoms with Gasteiger partial charge in [0.15, 0.2) is 5.60 Å². The minimum atomic E-state index is -1.27. The molecule has 2 heterocycles. The highest BCUT2D eigenvalue weighted by Crippen LogP contribution is 2.24. The third-order valence-corrected chi connectivity index (χ3v) is 5.39. The smallest absolute Gasteiger partial charge is 0.256 e. The predicted octanol–water partition coefficient (Wildman–Crippen LogP) is 0.343. The molecule has 0 saturated carbocycles. The molecule has 1 amide bonds. The molecule has 1 atom stereocenters. The van der Waals surface area contributed by atoms with E-state index in [0.29, 0.717) is 19.5 Å². The predicted molar refractivity (Wildman–Crippen MR) is 103 cm³/mol. The maximum atomic E-state index is 12.8. The van der Waals surface area contributed by atoms with E-state index in [1.165, 1.54) is 5.56 Å². The van der Waals surface area contributed by atoms with Crippen LogP contribution >= 0.6 is 0 Å². The lowest BCUT2D eigenvalue weighted by Crippen LogP contribution is -2.58. The van der Waals surface area contributed by atoms with E-state index >= 15 is 0 Å². The van der Waals surface area contributed by atoms with Crippen LogP contribution in [0.1, 0.15) is 24.0 Å². The van der Waals surface area contributed by atoms with E-state index in [4.69, 9.17) is 0 Å². The minimum absolute atomic E-state index is 0.139. The number of aliphatic hydroxyl groups is 1. The van der Waals surface area contributed by atoms with E-state index in [1.807, 2.05) is 12.1 Å². The van der Waals surface area contributed by atoms with Crippen LogP contribution in [-0.2, 0) is 11.3 Å². The van der Waals surface area contributed by atoms with Crippen LogP contribution in [0, 0.1) is 6.92 Å². The molecular weight excluding hydrogens is 328 g/mol. The quantitative estimate of drug-likeness (QED) is 0.612. The Balaban J connectivity index is 1.48. The van der Waals surface area contributed by atoms with E-state index in [0.717, 1.165) is 57.8 Å². The van der Waals surface area contributed by atoms with Crippen molar-refractivity contribution in [3.05, 3.63) is 35.4 Å². The van der Waals surface area contributed by atoms with E-state index in [9.17, 15) is 9.90 Å². The summed E-state index contributed by atoms with van der Waals surface area (Å²) in [5, 5.41) is 17.6. The molecule has 0 unspecified atom stereocenters. The van der Waals surface area contributed by atoms with Gasteiger partial charge in [-0.25, -0.2) is 0 Å². The first-order valence-corrected chi connectivity index (χ1v) is 9.78. The van der Waals surface area contributed by atoms with Gasteiger partial charge in [-0.1, -0.05) is 29.8 Å². The SMILES string of the molecule is Cc1cccc(CN2CCC[C@@](O)(CNCCN3CCNCC3)C2=O)c1. The topological polar surface area (TPSA) is 67.8 Å². The fraction of sp³-hybridized carbons (Fsp3) is 0.650. The molecule has 26 heavy (non-hydrogen) atoms. The normalized spacial score (nSPS) is 24.8. The summed E-state index contributed by atoms with van der Waals surface area (Å²) in [4.78, 5) is 17.1. The summed E-state index contributed by atoms with van der Waals surface area (Å²) in [5.74, 6) is -0.139. The third-order valence-electron chi connectivity index (χ3n) is 5.39. The zero-order chi connectivity index (χ0) is 18.4. The highest BCUT2D eigenvalue weighted by Gasteiger charge is 2.41. The van der Waals surface area contributed by atoms with Crippen molar-refractivity contribution in [3.63, 3.8) is 0 Å². The molecule has 0 radical (unpaired) electrons. The molecular formula is C20H32N4O2. The van der Waals surface area contributed by atoms with Gasteiger partial charge in [0.1, 0.15) is 0 Å². The van der Waals surface area contributed by atoms with Crippen LogP contribution in [-0.4, -0.2) is 78.8 Å². The first kappa shape index (κ1) is 19.3. The number of aryl methyl sites for hydroxylation is 1. The highest BCUT2D eigenvalue weighted by molar-refractivity contribution is 5.86. The average Bonchev–Trinajstić information content (AvgIpc) is 2.64. The monoisotopic (exact) mass is 360 g/mol. The van der Waals surface area contributed by atoms with Gasteiger partial charge >= 0.3 is 0 Å². The number of carbonyl (C=O) groups excluding carboxylic acids is 1. The number of piperazine rings is 1. The van der Waals surface area contributed by atoms with Crippen LogP contribution in [0.3, 0.4) is 0 Å². The van der Waals surface area contributed by atoms with E-state index in [2.05, 4.69) is 34.6 Å². The van der Waals surface area contributed by atoms with Gasteiger partial charge in [-0.3, -0.25) is 9.69 Å². The Bertz CT molecular complexity index is 603. The zero-order valence-corrected chi connectivity index (χ0v) is 15.8. The van der Waals surface area contributed by atoms with Crippen LogP contribution in [0.5, 0.6) is 0 Å². The molecule has 2 aliphatic rings. The molecule has 2 saturated heterocycles. The van der Waals surface area contributed by atoms with Crippen LogP contribution in [0.2, 0.25) is 0 Å². The summed E-state index contributed by atoms with van der Waals surface area (Å²) in [5.41, 5.74) is 1.04. The van der Waals surface area contributed by atoms with Gasteiger partial charge in [-0.15, -0.1) is 0 Å². The van der Waals surface area contributed by atoms with Crippen LogP contribution in [0.4, 0.5) is 0 Å². The molecule has 0 aliphatic carbocycles. The van der Waals surface area contributed by atoms with Gasteiger partial charge in [-0.2, -0.15) is 0 Å². The summed E-state index contributed by atoms with van der Waals surface area (Å²) < 4.78 is 0. The second-order valence-electron chi connectivity index (χ2n) is 7.62. The number of carbonyl (C=O) groups is 1. The Kier molecular flexibility index (Phi) is 6.64. The summed E-state index contributed by atoms with van der Waals surface area (Å²) in [6.45, 7) is 9.64. The van der Waals surface area contributed by atoms with Gasteiger partial charge < -0.3 is 20.6 Å². The van der Waals surface area contributed by atoms with Gasteiger partial charge in [0.05, 0.1) is 0 Å². The molecule has 2 fully saturated rings. The fourth-order valence-electron chi connectivity index (χ4n) is 3.88. The Morgan fingerprint density at radius 1 is 1.27 bits per heavy atom. The second kappa shape index (κ2) is 8.95. The van der Waals surface area contributed by atoms with E-state index in [1.54, 1.807) is 4.90 Å².